The van der Waals surface area contributed by atoms with Crippen molar-refractivity contribution in [2.75, 3.05) is 13.1 Å². The van der Waals surface area contributed by atoms with Crippen LogP contribution in [0.2, 0.25) is 0 Å². The molecule has 114 valence electrons. The molecule has 0 aromatic heterocycles. The van der Waals surface area contributed by atoms with Crippen molar-refractivity contribution in [3.8, 4) is 0 Å². The van der Waals surface area contributed by atoms with Crippen LogP contribution in [0.5, 0.6) is 0 Å². The van der Waals surface area contributed by atoms with Crippen LogP contribution in [0, 0.1) is 0 Å². The van der Waals surface area contributed by atoms with Crippen LogP contribution in [0.4, 0.5) is 0 Å². The predicted octanol–water partition coefficient (Wildman–Crippen LogP) is 5.80. The fourth-order valence-corrected chi connectivity index (χ4v) is 3.03. The summed E-state index contributed by atoms with van der Waals surface area (Å²) in [6.45, 7) is 9.34. The summed E-state index contributed by atoms with van der Waals surface area (Å²) < 4.78 is 0. The third-order valence-electron chi connectivity index (χ3n) is 4.42. The van der Waals surface area contributed by atoms with E-state index in [-0.39, 0.29) is 0 Å². The summed E-state index contributed by atoms with van der Waals surface area (Å²) in [6.07, 6.45) is 5.12. The molecule has 0 bridgehead atoms. The average Bonchev–Trinajstić information content (AvgIpc) is 2.54. The van der Waals surface area contributed by atoms with Crippen molar-refractivity contribution >= 4 is 10.8 Å². The maximum atomic E-state index is 2.66. The molecular weight excluding hydrogens is 254 g/mol. The molecule has 1 heteroatoms. The topological polar surface area (TPSA) is 3.24 Å². The predicted molar refractivity (Wildman–Crippen MR) is 93.8 cm³/mol. The second kappa shape index (κ2) is 8.19. The largest absolute Gasteiger partial charge is 0.297 e. The molecule has 0 aliphatic carbocycles. The van der Waals surface area contributed by atoms with Crippen molar-refractivity contribution in [1.29, 1.82) is 0 Å². The Labute approximate surface area is 130 Å². The molecule has 0 radical (unpaired) electrons. The first-order chi connectivity index (χ1) is 10.3. The fourth-order valence-electron chi connectivity index (χ4n) is 3.03. The van der Waals surface area contributed by atoms with E-state index in [2.05, 4.69) is 68.1 Å². The Morgan fingerprint density at radius 3 is 2.14 bits per heavy atom. The van der Waals surface area contributed by atoms with Gasteiger partial charge in [-0.2, -0.15) is 0 Å². The molecule has 2 aromatic carbocycles. The Bertz CT molecular complexity index is 533. The number of fused-ring (bicyclic) bond motifs is 1. The van der Waals surface area contributed by atoms with Crippen LogP contribution >= 0.6 is 0 Å². The lowest BCUT2D eigenvalue weighted by molar-refractivity contribution is 0.205. The number of nitrogens with zero attached hydrogens (tertiary/aromatic N) is 1. The third kappa shape index (κ3) is 4.07. The van der Waals surface area contributed by atoms with Gasteiger partial charge in [-0.1, -0.05) is 69.2 Å². The van der Waals surface area contributed by atoms with Crippen LogP contribution in [0.1, 0.15) is 58.1 Å². The second-order valence-corrected chi connectivity index (χ2v) is 5.99. The third-order valence-corrected chi connectivity index (χ3v) is 4.42. The highest BCUT2D eigenvalue weighted by atomic mass is 15.1. The molecule has 0 amide bonds. The lowest BCUT2D eigenvalue weighted by Gasteiger charge is -2.30. The van der Waals surface area contributed by atoms with Crippen molar-refractivity contribution in [2.24, 2.45) is 0 Å². The smallest absolute Gasteiger partial charge is 0.0326 e. The molecule has 0 aliphatic heterocycles. The highest BCUT2D eigenvalue weighted by molar-refractivity contribution is 5.86. The summed E-state index contributed by atoms with van der Waals surface area (Å²) in [5.74, 6) is 0. The molecular formula is C20H29N. The molecule has 0 spiro atoms. The summed E-state index contributed by atoms with van der Waals surface area (Å²) in [4.78, 5) is 2.66. The number of unbranched alkanes of at least 4 members (excludes halogenated alkanes) is 2. The van der Waals surface area contributed by atoms with Crippen molar-refractivity contribution in [3.05, 3.63) is 48.0 Å². The van der Waals surface area contributed by atoms with Gasteiger partial charge >= 0.3 is 0 Å². The van der Waals surface area contributed by atoms with E-state index in [1.807, 2.05) is 0 Å². The van der Waals surface area contributed by atoms with Crippen LogP contribution < -0.4 is 0 Å². The minimum Gasteiger partial charge on any atom is -0.297 e. The van der Waals surface area contributed by atoms with Gasteiger partial charge in [-0.15, -0.1) is 0 Å². The average molecular weight is 283 g/mol. The van der Waals surface area contributed by atoms with E-state index in [1.54, 1.807) is 0 Å². The van der Waals surface area contributed by atoms with Crippen LogP contribution in [-0.4, -0.2) is 18.0 Å². The molecule has 2 rings (SSSR count). The van der Waals surface area contributed by atoms with Gasteiger partial charge in [0.05, 0.1) is 0 Å². The summed E-state index contributed by atoms with van der Waals surface area (Å²) >= 11 is 0. The number of hydrogen-bond acceptors (Lipinski definition) is 1. The molecule has 21 heavy (non-hydrogen) atoms. The Balaban J connectivity index is 2.26. The Hall–Kier alpha value is -1.34. The van der Waals surface area contributed by atoms with Gasteiger partial charge < -0.3 is 0 Å². The van der Waals surface area contributed by atoms with Gasteiger partial charge in [0.15, 0.2) is 0 Å². The molecule has 2 aromatic rings. The molecule has 1 nitrogen and oxygen atoms in total. The maximum absolute atomic E-state index is 2.66. The minimum absolute atomic E-state index is 0.495. The van der Waals surface area contributed by atoms with Gasteiger partial charge in [-0.3, -0.25) is 4.90 Å². The first kappa shape index (κ1) is 16.0. The van der Waals surface area contributed by atoms with Crippen LogP contribution in [0.3, 0.4) is 0 Å². The Morgan fingerprint density at radius 1 is 0.857 bits per heavy atom. The van der Waals surface area contributed by atoms with Crippen molar-refractivity contribution < 1.29 is 0 Å². The Kier molecular flexibility index (Phi) is 6.25. The summed E-state index contributed by atoms with van der Waals surface area (Å²) in [6, 6.07) is 16.0. The van der Waals surface area contributed by atoms with E-state index < -0.39 is 0 Å². The van der Waals surface area contributed by atoms with E-state index in [0.29, 0.717) is 6.04 Å². The summed E-state index contributed by atoms with van der Waals surface area (Å²) in [7, 11) is 0. The molecule has 1 atom stereocenters. The van der Waals surface area contributed by atoms with E-state index in [4.69, 9.17) is 0 Å². The van der Waals surface area contributed by atoms with E-state index in [0.717, 1.165) is 0 Å². The zero-order valence-corrected chi connectivity index (χ0v) is 13.8. The maximum Gasteiger partial charge on any atom is 0.0326 e. The van der Waals surface area contributed by atoms with E-state index in [9.17, 15) is 0 Å². The zero-order valence-electron chi connectivity index (χ0n) is 13.8. The van der Waals surface area contributed by atoms with Crippen LogP contribution in [-0.2, 0) is 0 Å². The normalized spacial score (nSPS) is 13.0. The number of rotatable bonds is 8. The minimum atomic E-state index is 0.495. The van der Waals surface area contributed by atoms with E-state index >= 15 is 0 Å². The molecule has 0 fully saturated rings. The monoisotopic (exact) mass is 283 g/mol. The zero-order chi connectivity index (χ0) is 15.1. The molecule has 0 saturated carbocycles. The van der Waals surface area contributed by atoms with Crippen molar-refractivity contribution in [3.63, 3.8) is 0 Å². The van der Waals surface area contributed by atoms with Gasteiger partial charge in [0.2, 0.25) is 0 Å². The summed E-state index contributed by atoms with van der Waals surface area (Å²) in [5, 5.41) is 2.76. The van der Waals surface area contributed by atoms with Crippen molar-refractivity contribution in [1.82, 2.24) is 4.90 Å². The highest BCUT2D eigenvalue weighted by Gasteiger charge is 2.16. The first-order valence-electron chi connectivity index (χ1n) is 8.49. The van der Waals surface area contributed by atoms with Gasteiger partial charge in [-0.05, 0) is 49.2 Å². The quantitative estimate of drug-likeness (QED) is 0.591. The molecule has 0 unspecified atom stereocenters. The number of hydrogen-bond donors (Lipinski definition) is 0. The van der Waals surface area contributed by atoms with Crippen LogP contribution in [0.25, 0.3) is 10.8 Å². The molecule has 0 aliphatic rings. The summed E-state index contributed by atoms with van der Waals surface area (Å²) in [5.41, 5.74) is 1.47. The highest BCUT2D eigenvalue weighted by Crippen LogP contribution is 2.28. The SMILES string of the molecule is CCCCN(CCCC)[C@H](C)c1cccc2ccccc12. The van der Waals surface area contributed by atoms with Gasteiger partial charge in [0.1, 0.15) is 0 Å². The van der Waals surface area contributed by atoms with Gasteiger partial charge in [-0.25, -0.2) is 0 Å². The first-order valence-corrected chi connectivity index (χ1v) is 8.49. The molecule has 0 saturated heterocycles. The standard InChI is InChI=1S/C20H29N/c1-4-6-15-21(16-7-5-2)17(3)19-14-10-12-18-11-8-9-13-20(18)19/h8-14,17H,4-7,15-16H2,1-3H3/t17-/m1/s1. The molecule has 0 N–H and O–H groups in total. The lowest BCUT2D eigenvalue weighted by atomic mass is 9.98. The van der Waals surface area contributed by atoms with Crippen molar-refractivity contribution in [2.45, 2.75) is 52.5 Å². The van der Waals surface area contributed by atoms with Gasteiger partial charge in [0.25, 0.3) is 0 Å². The van der Waals surface area contributed by atoms with Gasteiger partial charge in [0, 0.05) is 6.04 Å². The second-order valence-electron chi connectivity index (χ2n) is 5.99. The lowest BCUT2D eigenvalue weighted by Crippen LogP contribution is -2.29. The molecule has 0 heterocycles. The van der Waals surface area contributed by atoms with E-state index in [1.165, 1.54) is 55.1 Å². The number of benzene rings is 2. The van der Waals surface area contributed by atoms with Crippen LogP contribution in [0.15, 0.2) is 42.5 Å². The fraction of sp³-hybridized carbons (Fsp3) is 0.500. The Morgan fingerprint density at radius 2 is 1.48 bits per heavy atom.